The highest BCUT2D eigenvalue weighted by atomic mass is 16.3. The van der Waals surface area contributed by atoms with E-state index in [4.69, 9.17) is 5.73 Å². The zero-order valence-corrected chi connectivity index (χ0v) is 13.3. The molecule has 3 aliphatic rings. The third kappa shape index (κ3) is 4.65. The zero-order valence-electron chi connectivity index (χ0n) is 13.3. The topological polar surface area (TPSA) is 61.5 Å². The second-order valence-electron chi connectivity index (χ2n) is 7.64. The van der Waals surface area contributed by atoms with Crippen LogP contribution in [0, 0.1) is 11.8 Å². The Balaban J connectivity index is 1.51. The first kappa shape index (κ1) is 15.7. The zero-order chi connectivity index (χ0) is 14.7. The summed E-state index contributed by atoms with van der Waals surface area (Å²) in [5, 5.41) is 14.2. The van der Waals surface area contributed by atoms with Crippen LogP contribution >= 0.6 is 0 Å². The van der Waals surface area contributed by atoms with E-state index in [1.807, 2.05) is 0 Å². The van der Waals surface area contributed by atoms with Crippen molar-refractivity contribution in [2.75, 3.05) is 26.2 Å². The Morgan fingerprint density at radius 2 is 1.86 bits per heavy atom. The standard InChI is InChI=1S/C17H33N3O/c18-7-8-20-11-13(10-17(21)14-5-6-14)9-16(12-20)19-15-3-1-2-4-15/h13-17,19,21H,1-12,18H2. The van der Waals surface area contributed by atoms with Crippen LogP contribution in [0.15, 0.2) is 0 Å². The fourth-order valence-electron chi connectivity index (χ4n) is 4.40. The second kappa shape index (κ2) is 7.40. The van der Waals surface area contributed by atoms with Crippen LogP contribution in [0.25, 0.3) is 0 Å². The summed E-state index contributed by atoms with van der Waals surface area (Å²) in [6, 6.07) is 1.34. The van der Waals surface area contributed by atoms with E-state index in [0.717, 1.165) is 38.6 Å². The van der Waals surface area contributed by atoms with E-state index in [9.17, 15) is 5.11 Å². The molecule has 1 aliphatic heterocycles. The molecule has 0 radical (unpaired) electrons. The van der Waals surface area contributed by atoms with E-state index in [0.29, 0.717) is 17.9 Å². The average Bonchev–Trinajstić information content (AvgIpc) is 3.18. The van der Waals surface area contributed by atoms with Crippen LogP contribution < -0.4 is 11.1 Å². The third-order valence-corrected chi connectivity index (χ3v) is 5.63. The minimum absolute atomic E-state index is 0.0556. The SMILES string of the molecule is NCCN1CC(CC(O)C2CC2)CC(NC2CCCC2)C1. The maximum Gasteiger partial charge on any atom is 0.0571 e. The highest BCUT2D eigenvalue weighted by Gasteiger charge is 2.35. The number of hydrogen-bond acceptors (Lipinski definition) is 4. The van der Waals surface area contributed by atoms with E-state index in [-0.39, 0.29) is 6.10 Å². The summed E-state index contributed by atoms with van der Waals surface area (Å²) < 4.78 is 0. The first-order chi connectivity index (χ1) is 10.2. The summed E-state index contributed by atoms with van der Waals surface area (Å²) >= 11 is 0. The number of hydrogen-bond donors (Lipinski definition) is 3. The van der Waals surface area contributed by atoms with Crippen molar-refractivity contribution >= 4 is 0 Å². The first-order valence-corrected chi connectivity index (χ1v) is 9.11. The van der Waals surface area contributed by atoms with Gasteiger partial charge in [-0.3, -0.25) is 0 Å². The van der Waals surface area contributed by atoms with E-state index in [1.54, 1.807) is 0 Å². The van der Waals surface area contributed by atoms with Crippen molar-refractivity contribution in [1.29, 1.82) is 0 Å². The molecule has 3 unspecified atom stereocenters. The highest BCUT2D eigenvalue weighted by molar-refractivity contribution is 4.90. The molecule has 122 valence electrons. The van der Waals surface area contributed by atoms with Gasteiger partial charge in [0.15, 0.2) is 0 Å². The summed E-state index contributed by atoms with van der Waals surface area (Å²) in [6.07, 6.45) is 10.1. The summed E-state index contributed by atoms with van der Waals surface area (Å²) in [5.41, 5.74) is 5.76. The fraction of sp³-hybridized carbons (Fsp3) is 1.00. The highest BCUT2D eigenvalue weighted by Crippen LogP contribution is 2.36. The van der Waals surface area contributed by atoms with Gasteiger partial charge in [0.25, 0.3) is 0 Å². The lowest BCUT2D eigenvalue weighted by Gasteiger charge is -2.40. The van der Waals surface area contributed by atoms with E-state index < -0.39 is 0 Å². The van der Waals surface area contributed by atoms with Gasteiger partial charge in [-0.1, -0.05) is 12.8 Å². The first-order valence-electron chi connectivity index (χ1n) is 9.11. The quantitative estimate of drug-likeness (QED) is 0.663. The van der Waals surface area contributed by atoms with Gasteiger partial charge in [-0.15, -0.1) is 0 Å². The normalized spacial score (nSPS) is 33.4. The molecule has 0 aromatic heterocycles. The van der Waals surface area contributed by atoms with Gasteiger partial charge in [0.05, 0.1) is 6.10 Å². The Morgan fingerprint density at radius 1 is 1.10 bits per heavy atom. The van der Waals surface area contributed by atoms with Crippen LogP contribution in [0.4, 0.5) is 0 Å². The molecule has 2 aliphatic carbocycles. The van der Waals surface area contributed by atoms with Crippen molar-refractivity contribution in [3.63, 3.8) is 0 Å². The van der Waals surface area contributed by atoms with Crippen molar-refractivity contribution in [1.82, 2.24) is 10.2 Å². The molecule has 1 saturated heterocycles. The molecular weight excluding hydrogens is 262 g/mol. The number of rotatable bonds is 7. The van der Waals surface area contributed by atoms with Crippen LogP contribution in [0.1, 0.15) is 51.4 Å². The smallest absolute Gasteiger partial charge is 0.0571 e. The number of nitrogens with zero attached hydrogens (tertiary/aromatic N) is 1. The Hall–Kier alpha value is -0.160. The molecular formula is C17H33N3O. The monoisotopic (exact) mass is 295 g/mol. The van der Waals surface area contributed by atoms with Gasteiger partial charge in [-0.25, -0.2) is 0 Å². The molecule has 4 N–H and O–H groups in total. The van der Waals surface area contributed by atoms with Crippen molar-refractivity contribution in [2.45, 2.75) is 69.6 Å². The molecule has 0 spiro atoms. The van der Waals surface area contributed by atoms with Gasteiger partial charge < -0.3 is 21.1 Å². The summed E-state index contributed by atoms with van der Waals surface area (Å²) in [6.45, 7) is 4.01. The largest absolute Gasteiger partial charge is 0.393 e. The maximum atomic E-state index is 10.3. The van der Waals surface area contributed by atoms with Gasteiger partial charge >= 0.3 is 0 Å². The Labute approximate surface area is 129 Å². The van der Waals surface area contributed by atoms with Gasteiger partial charge in [0, 0.05) is 38.3 Å². The summed E-state index contributed by atoms with van der Waals surface area (Å²) in [4.78, 5) is 2.51. The molecule has 4 heteroatoms. The lowest BCUT2D eigenvalue weighted by molar-refractivity contribution is 0.0740. The van der Waals surface area contributed by atoms with Crippen molar-refractivity contribution < 1.29 is 5.11 Å². The maximum absolute atomic E-state index is 10.3. The van der Waals surface area contributed by atoms with E-state index in [1.165, 1.54) is 44.9 Å². The minimum atomic E-state index is -0.0556. The van der Waals surface area contributed by atoms with Gasteiger partial charge in [0.2, 0.25) is 0 Å². The molecule has 4 nitrogen and oxygen atoms in total. The Kier molecular flexibility index (Phi) is 5.54. The van der Waals surface area contributed by atoms with Crippen molar-refractivity contribution in [3.05, 3.63) is 0 Å². The molecule has 0 amide bonds. The summed E-state index contributed by atoms with van der Waals surface area (Å²) in [5.74, 6) is 1.25. The van der Waals surface area contributed by atoms with Gasteiger partial charge in [-0.2, -0.15) is 0 Å². The number of nitrogens with two attached hydrogens (primary N) is 1. The number of nitrogens with one attached hydrogen (secondary N) is 1. The number of aliphatic hydroxyl groups is 1. The molecule has 0 bridgehead atoms. The lowest BCUT2D eigenvalue weighted by atomic mass is 9.88. The molecule has 1 heterocycles. The third-order valence-electron chi connectivity index (χ3n) is 5.63. The molecule has 3 fully saturated rings. The van der Waals surface area contributed by atoms with E-state index in [2.05, 4.69) is 10.2 Å². The molecule has 3 rings (SSSR count). The van der Waals surface area contributed by atoms with E-state index >= 15 is 0 Å². The lowest BCUT2D eigenvalue weighted by Crippen LogP contribution is -2.52. The molecule has 0 aromatic rings. The van der Waals surface area contributed by atoms with Crippen LogP contribution in [0.2, 0.25) is 0 Å². The minimum Gasteiger partial charge on any atom is -0.393 e. The van der Waals surface area contributed by atoms with Crippen molar-refractivity contribution in [2.24, 2.45) is 17.6 Å². The van der Waals surface area contributed by atoms with Gasteiger partial charge in [-0.05, 0) is 50.4 Å². The fourth-order valence-corrected chi connectivity index (χ4v) is 4.40. The Bertz CT molecular complexity index is 303. The van der Waals surface area contributed by atoms with Crippen LogP contribution in [0.5, 0.6) is 0 Å². The number of aliphatic hydroxyl groups excluding tert-OH is 1. The number of likely N-dealkylation sites (tertiary alicyclic amines) is 1. The van der Waals surface area contributed by atoms with Gasteiger partial charge in [0.1, 0.15) is 0 Å². The van der Waals surface area contributed by atoms with Crippen LogP contribution in [-0.4, -0.2) is 54.4 Å². The predicted molar refractivity (Wildman–Crippen MR) is 86.1 cm³/mol. The molecule has 0 aromatic carbocycles. The second-order valence-corrected chi connectivity index (χ2v) is 7.64. The van der Waals surface area contributed by atoms with Crippen LogP contribution in [-0.2, 0) is 0 Å². The molecule has 3 atom stereocenters. The molecule has 21 heavy (non-hydrogen) atoms. The van der Waals surface area contributed by atoms with Crippen LogP contribution in [0.3, 0.4) is 0 Å². The predicted octanol–water partition coefficient (Wildman–Crippen LogP) is 1.33. The number of piperidine rings is 1. The Morgan fingerprint density at radius 3 is 2.52 bits per heavy atom. The van der Waals surface area contributed by atoms with Crippen molar-refractivity contribution in [3.8, 4) is 0 Å². The molecule has 2 saturated carbocycles. The average molecular weight is 295 g/mol. The summed E-state index contributed by atoms with van der Waals surface area (Å²) in [7, 11) is 0.